The molecule has 3 rings (SSSR count). The summed E-state index contributed by atoms with van der Waals surface area (Å²) in [6.45, 7) is 4.09. The van der Waals surface area contributed by atoms with Gasteiger partial charge < -0.3 is 14.8 Å². The van der Waals surface area contributed by atoms with Crippen LogP contribution in [0.5, 0.6) is 5.88 Å². The standard InChI is InChI=1S/C15H17N3O2/c1-2-16-13-8-14(20-12-9-19-10-12)18-15(17-13)11-6-4-3-5-7-11/h3-8,12H,2,9-10H2,1H3,(H,16,17,18). The van der Waals surface area contributed by atoms with Crippen molar-refractivity contribution in [2.75, 3.05) is 25.1 Å². The molecule has 5 heteroatoms. The molecule has 0 bridgehead atoms. The number of rotatable bonds is 5. The van der Waals surface area contributed by atoms with Crippen LogP contribution in [-0.4, -0.2) is 35.8 Å². The molecular formula is C15H17N3O2. The zero-order valence-corrected chi connectivity index (χ0v) is 11.4. The monoisotopic (exact) mass is 271 g/mol. The smallest absolute Gasteiger partial charge is 0.219 e. The molecular weight excluding hydrogens is 254 g/mol. The Morgan fingerprint density at radius 2 is 2.05 bits per heavy atom. The highest BCUT2D eigenvalue weighted by molar-refractivity contribution is 5.58. The fourth-order valence-corrected chi connectivity index (χ4v) is 1.93. The Kier molecular flexibility index (Phi) is 3.78. The number of aromatic nitrogens is 2. The van der Waals surface area contributed by atoms with E-state index < -0.39 is 0 Å². The summed E-state index contributed by atoms with van der Waals surface area (Å²) in [5, 5.41) is 3.20. The van der Waals surface area contributed by atoms with Gasteiger partial charge in [0.2, 0.25) is 5.88 Å². The van der Waals surface area contributed by atoms with Crippen molar-refractivity contribution in [2.24, 2.45) is 0 Å². The predicted molar refractivity (Wildman–Crippen MR) is 76.9 cm³/mol. The van der Waals surface area contributed by atoms with E-state index in [2.05, 4.69) is 15.3 Å². The highest BCUT2D eigenvalue weighted by Crippen LogP contribution is 2.23. The topological polar surface area (TPSA) is 56.3 Å². The molecule has 1 aromatic carbocycles. The van der Waals surface area contributed by atoms with Crippen molar-refractivity contribution in [3.05, 3.63) is 36.4 Å². The lowest BCUT2D eigenvalue weighted by Gasteiger charge is -2.26. The summed E-state index contributed by atoms with van der Waals surface area (Å²) in [6, 6.07) is 11.7. The van der Waals surface area contributed by atoms with E-state index in [1.807, 2.05) is 43.3 Å². The Morgan fingerprint density at radius 1 is 1.25 bits per heavy atom. The fraction of sp³-hybridized carbons (Fsp3) is 0.333. The number of ether oxygens (including phenoxy) is 2. The van der Waals surface area contributed by atoms with Gasteiger partial charge in [0.25, 0.3) is 0 Å². The number of nitrogens with one attached hydrogen (secondary N) is 1. The second-order valence-corrected chi connectivity index (χ2v) is 4.59. The first-order chi connectivity index (χ1) is 9.85. The molecule has 2 heterocycles. The Morgan fingerprint density at radius 3 is 2.70 bits per heavy atom. The van der Waals surface area contributed by atoms with Crippen molar-refractivity contribution in [1.82, 2.24) is 9.97 Å². The van der Waals surface area contributed by atoms with E-state index in [-0.39, 0.29) is 6.10 Å². The molecule has 0 aliphatic carbocycles. The summed E-state index contributed by atoms with van der Waals surface area (Å²) in [6.07, 6.45) is 0.1000. The minimum absolute atomic E-state index is 0.1000. The number of benzene rings is 1. The molecule has 1 aromatic heterocycles. The van der Waals surface area contributed by atoms with Gasteiger partial charge >= 0.3 is 0 Å². The number of nitrogens with zero attached hydrogens (tertiary/aromatic N) is 2. The van der Waals surface area contributed by atoms with Gasteiger partial charge in [0.15, 0.2) is 5.82 Å². The molecule has 1 aliphatic heterocycles. The van der Waals surface area contributed by atoms with Crippen molar-refractivity contribution >= 4 is 5.82 Å². The fourth-order valence-electron chi connectivity index (χ4n) is 1.93. The van der Waals surface area contributed by atoms with Crippen molar-refractivity contribution in [2.45, 2.75) is 13.0 Å². The lowest BCUT2D eigenvalue weighted by molar-refractivity contribution is -0.0813. The van der Waals surface area contributed by atoms with Crippen LogP contribution in [0, 0.1) is 0 Å². The lowest BCUT2D eigenvalue weighted by atomic mass is 10.2. The highest BCUT2D eigenvalue weighted by atomic mass is 16.6. The molecule has 0 radical (unpaired) electrons. The van der Waals surface area contributed by atoms with Gasteiger partial charge in [0.05, 0.1) is 13.2 Å². The zero-order valence-electron chi connectivity index (χ0n) is 11.4. The van der Waals surface area contributed by atoms with Gasteiger partial charge in [-0.1, -0.05) is 30.3 Å². The molecule has 0 unspecified atom stereocenters. The molecule has 2 aromatic rings. The van der Waals surface area contributed by atoms with Crippen LogP contribution in [0.25, 0.3) is 11.4 Å². The molecule has 20 heavy (non-hydrogen) atoms. The molecule has 0 saturated carbocycles. The van der Waals surface area contributed by atoms with Gasteiger partial charge in [-0.05, 0) is 6.92 Å². The Hall–Kier alpha value is -2.14. The first kappa shape index (κ1) is 12.9. The third-order valence-electron chi connectivity index (χ3n) is 2.99. The Balaban J connectivity index is 1.91. The molecule has 1 N–H and O–H groups in total. The Bertz CT molecular complexity index is 571. The largest absolute Gasteiger partial charge is 0.469 e. The van der Waals surface area contributed by atoms with Crippen LogP contribution in [0.3, 0.4) is 0 Å². The first-order valence-electron chi connectivity index (χ1n) is 6.78. The van der Waals surface area contributed by atoms with Gasteiger partial charge in [0, 0.05) is 18.2 Å². The SMILES string of the molecule is CCNc1cc(OC2COC2)nc(-c2ccccc2)n1. The van der Waals surface area contributed by atoms with Crippen molar-refractivity contribution < 1.29 is 9.47 Å². The van der Waals surface area contributed by atoms with Crippen LogP contribution in [0.4, 0.5) is 5.82 Å². The summed E-state index contributed by atoms with van der Waals surface area (Å²) < 4.78 is 10.9. The molecule has 0 amide bonds. The van der Waals surface area contributed by atoms with Crippen molar-refractivity contribution in [3.8, 4) is 17.3 Å². The molecule has 1 saturated heterocycles. The summed E-state index contributed by atoms with van der Waals surface area (Å²) in [5.74, 6) is 2.03. The predicted octanol–water partition coefficient (Wildman–Crippen LogP) is 2.35. The van der Waals surface area contributed by atoms with E-state index in [1.54, 1.807) is 0 Å². The highest BCUT2D eigenvalue weighted by Gasteiger charge is 2.21. The summed E-state index contributed by atoms with van der Waals surface area (Å²) >= 11 is 0. The van der Waals surface area contributed by atoms with Gasteiger partial charge in [0.1, 0.15) is 11.9 Å². The average Bonchev–Trinajstić information content (AvgIpc) is 2.44. The summed E-state index contributed by atoms with van der Waals surface area (Å²) in [7, 11) is 0. The quantitative estimate of drug-likeness (QED) is 0.904. The molecule has 0 spiro atoms. The van der Waals surface area contributed by atoms with Gasteiger partial charge in [-0.15, -0.1) is 0 Å². The van der Waals surface area contributed by atoms with Gasteiger partial charge in [-0.25, -0.2) is 4.98 Å². The van der Waals surface area contributed by atoms with Crippen LogP contribution in [0.15, 0.2) is 36.4 Å². The van der Waals surface area contributed by atoms with E-state index in [0.717, 1.165) is 17.9 Å². The molecule has 5 nitrogen and oxygen atoms in total. The minimum atomic E-state index is 0.1000. The summed E-state index contributed by atoms with van der Waals surface area (Å²) in [4.78, 5) is 8.99. The molecule has 104 valence electrons. The maximum atomic E-state index is 5.78. The van der Waals surface area contributed by atoms with Crippen LogP contribution in [-0.2, 0) is 4.74 Å². The third kappa shape index (κ3) is 2.88. The van der Waals surface area contributed by atoms with Gasteiger partial charge in [-0.2, -0.15) is 4.98 Å². The number of hydrogen-bond donors (Lipinski definition) is 1. The lowest BCUT2D eigenvalue weighted by Crippen LogP contribution is -2.38. The van der Waals surface area contributed by atoms with Crippen LogP contribution in [0.2, 0.25) is 0 Å². The van der Waals surface area contributed by atoms with Crippen molar-refractivity contribution in [3.63, 3.8) is 0 Å². The molecule has 0 atom stereocenters. The summed E-state index contributed by atoms with van der Waals surface area (Å²) in [5.41, 5.74) is 0.974. The normalized spacial score (nSPS) is 14.7. The maximum absolute atomic E-state index is 5.78. The van der Waals surface area contributed by atoms with Crippen LogP contribution < -0.4 is 10.1 Å². The first-order valence-corrected chi connectivity index (χ1v) is 6.78. The molecule has 1 aliphatic rings. The van der Waals surface area contributed by atoms with Crippen LogP contribution in [0.1, 0.15) is 6.92 Å². The Labute approximate surface area is 118 Å². The van der Waals surface area contributed by atoms with Crippen LogP contribution >= 0.6 is 0 Å². The number of hydrogen-bond acceptors (Lipinski definition) is 5. The zero-order chi connectivity index (χ0) is 13.8. The minimum Gasteiger partial charge on any atom is -0.469 e. The van der Waals surface area contributed by atoms with Crippen molar-refractivity contribution in [1.29, 1.82) is 0 Å². The van der Waals surface area contributed by atoms with E-state index >= 15 is 0 Å². The number of anilines is 1. The van der Waals surface area contributed by atoms with E-state index in [9.17, 15) is 0 Å². The second-order valence-electron chi connectivity index (χ2n) is 4.59. The average molecular weight is 271 g/mol. The van der Waals surface area contributed by atoms with E-state index in [0.29, 0.717) is 24.9 Å². The van der Waals surface area contributed by atoms with E-state index in [4.69, 9.17) is 9.47 Å². The second kappa shape index (κ2) is 5.88. The maximum Gasteiger partial charge on any atom is 0.219 e. The third-order valence-corrected chi connectivity index (χ3v) is 2.99. The van der Waals surface area contributed by atoms with Gasteiger partial charge in [-0.3, -0.25) is 0 Å². The van der Waals surface area contributed by atoms with E-state index in [1.165, 1.54) is 0 Å². The molecule has 1 fully saturated rings.